The van der Waals surface area contributed by atoms with Crippen LogP contribution in [0.4, 0.5) is 5.69 Å². The number of ether oxygens (including phenoxy) is 2. The summed E-state index contributed by atoms with van der Waals surface area (Å²) in [5, 5.41) is 6.46. The van der Waals surface area contributed by atoms with Crippen molar-refractivity contribution in [2.45, 2.75) is 6.42 Å². The Kier molecular flexibility index (Phi) is 7.42. The lowest BCUT2D eigenvalue weighted by Gasteiger charge is -2.07. The monoisotopic (exact) mass is 365 g/mol. The van der Waals surface area contributed by atoms with E-state index in [2.05, 4.69) is 21.8 Å². The Hall–Kier alpha value is -3.79. The van der Waals surface area contributed by atoms with Gasteiger partial charge in [0.25, 0.3) is 0 Å². The van der Waals surface area contributed by atoms with Gasteiger partial charge in [-0.25, -0.2) is 5.43 Å². The zero-order valence-electron chi connectivity index (χ0n) is 14.8. The number of hydrogen-bond donors (Lipinski definition) is 2. The summed E-state index contributed by atoms with van der Waals surface area (Å²) in [5.74, 6) is 2.52. The average molecular weight is 365 g/mol. The largest absolute Gasteiger partial charge is 0.497 e. The molecule has 2 amide bonds. The van der Waals surface area contributed by atoms with Crippen LogP contribution >= 0.6 is 0 Å². The van der Waals surface area contributed by atoms with Crippen LogP contribution in [-0.4, -0.2) is 31.7 Å². The molecule has 0 bridgehead atoms. The fourth-order valence-electron chi connectivity index (χ4n) is 2.10. The van der Waals surface area contributed by atoms with E-state index in [0.717, 1.165) is 0 Å². The number of para-hydroxylation sites is 1. The molecule has 0 radical (unpaired) electrons. The lowest BCUT2D eigenvalue weighted by atomic mass is 10.2. The first-order chi connectivity index (χ1) is 13.1. The van der Waals surface area contributed by atoms with Crippen molar-refractivity contribution < 1.29 is 19.1 Å². The average Bonchev–Trinajstić information content (AvgIpc) is 2.67. The highest BCUT2D eigenvalue weighted by Gasteiger charge is 2.09. The maximum absolute atomic E-state index is 11.9. The second kappa shape index (κ2) is 10.3. The third kappa shape index (κ3) is 6.55. The first-order valence-corrected chi connectivity index (χ1v) is 8.03. The predicted octanol–water partition coefficient (Wildman–Crippen LogP) is 2.19. The fraction of sp³-hybridized carbons (Fsp3) is 0.150. The molecular formula is C20H19N3O4. The van der Waals surface area contributed by atoms with Crippen LogP contribution in [-0.2, 0) is 9.59 Å². The minimum absolute atomic E-state index is 0.127. The molecule has 0 aliphatic rings. The molecule has 2 N–H and O–H groups in total. The van der Waals surface area contributed by atoms with E-state index in [4.69, 9.17) is 15.9 Å². The normalized spacial score (nSPS) is 10.1. The number of rotatable bonds is 8. The zero-order valence-corrected chi connectivity index (χ0v) is 14.8. The number of nitrogens with one attached hydrogen (secondary N) is 2. The van der Waals surface area contributed by atoms with E-state index in [-0.39, 0.29) is 13.0 Å². The molecule has 0 atom stereocenters. The maximum atomic E-state index is 11.9. The molecule has 2 rings (SSSR count). The van der Waals surface area contributed by atoms with Crippen molar-refractivity contribution in [3.8, 4) is 23.8 Å². The SMILES string of the molecule is C#CCOc1ccccc1C=NNC(=O)CC(=O)Nc1cccc(OC)c1. The van der Waals surface area contributed by atoms with E-state index < -0.39 is 11.8 Å². The van der Waals surface area contributed by atoms with Crippen LogP contribution in [0.5, 0.6) is 11.5 Å². The molecule has 138 valence electrons. The molecule has 0 aliphatic heterocycles. The van der Waals surface area contributed by atoms with Crippen molar-refractivity contribution in [1.29, 1.82) is 0 Å². The summed E-state index contributed by atoms with van der Waals surface area (Å²) in [5.41, 5.74) is 3.49. The topological polar surface area (TPSA) is 89.0 Å². The number of carbonyl (C=O) groups is 2. The molecule has 0 fully saturated rings. The molecule has 0 aromatic heterocycles. The van der Waals surface area contributed by atoms with Gasteiger partial charge in [-0.2, -0.15) is 5.10 Å². The molecule has 0 aliphatic carbocycles. The van der Waals surface area contributed by atoms with Gasteiger partial charge < -0.3 is 14.8 Å². The summed E-state index contributed by atoms with van der Waals surface area (Å²) in [4.78, 5) is 23.8. The smallest absolute Gasteiger partial charge is 0.249 e. The summed E-state index contributed by atoms with van der Waals surface area (Å²) in [7, 11) is 1.53. The molecule has 2 aromatic carbocycles. The quantitative estimate of drug-likeness (QED) is 0.325. The molecule has 2 aromatic rings. The van der Waals surface area contributed by atoms with E-state index in [1.165, 1.54) is 13.3 Å². The van der Waals surface area contributed by atoms with Gasteiger partial charge in [0, 0.05) is 17.3 Å². The second-order valence-corrected chi connectivity index (χ2v) is 5.28. The predicted molar refractivity (Wildman–Crippen MR) is 103 cm³/mol. The van der Waals surface area contributed by atoms with Crippen molar-refractivity contribution in [2.75, 3.05) is 19.0 Å². The molecule has 0 heterocycles. The highest BCUT2D eigenvalue weighted by atomic mass is 16.5. The van der Waals surface area contributed by atoms with Gasteiger partial charge in [0.05, 0.1) is 13.3 Å². The minimum Gasteiger partial charge on any atom is -0.497 e. The van der Waals surface area contributed by atoms with Gasteiger partial charge in [-0.3, -0.25) is 9.59 Å². The Bertz CT molecular complexity index is 872. The molecule has 0 saturated carbocycles. The minimum atomic E-state index is -0.548. The van der Waals surface area contributed by atoms with Crippen LogP contribution in [0.15, 0.2) is 53.6 Å². The molecule has 27 heavy (non-hydrogen) atoms. The highest BCUT2D eigenvalue weighted by Crippen LogP contribution is 2.17. The van der Waals surface area contributed by atoms with E-state index in [0.29, 0.717) is 22.7 Å². The number of benzene rings is 2. The summed E-state index contributed by atoms with van der Waals surface area (Å²) < 4.78 is 10.5. The third-order valence-corrected chi connectivity index (χ3v) is 3.30. The van der Waals surface area contributed by atoms with Gasteiger partial charge in [0.2, 0.25) is 11.8 Å². The fourth-order valence-corrected chi connectivity index (χ4v) is 2.10. The van der Waals surface area contributed by atoms with E-state index in [1.807, 2.05) is 0 Å². The zero-order chi connectivity index (χ0) is 19.5. The highest BCUT2D eigenvalue weighted by molar-refractivity contribution is 6.03. The summed E-state index contributed by atoms with van der Waals surface area (Å²) in [6.45, 7) is 0.127. The van der Waals surface area contributed by atoms with Crippen molar-refractivity contribution in [3.05, 3.63) is 54.1 Å². The Morgan fingerprint density at radius 3 is 2.78 bits per heavy atom. The Balaban J connectivity index is 1.86. The van der Waals surface area contributed by atoms with Crippen molar-refractivity contribution in [3.63, 3.8) is 0 Å². The van der Waals surface area contributed by atoms with Crippen LogP contribution in [0.25, 0.3) is 0 Å². The van der Waals surface area contributed by atoms with Gasteiger partial charge >= 0.3 is 0 Å². The number of hydrogen-bond acceptors (Lipinski definition) is 5. The van der Waals surface area contributed by atoms with Crippen molar-refractivity contribution >= 4 is 23.7 Å². The van der Waals surface area contributed by atoms with Gasteiger partial charge in [-0.15, -0.1) is 6.42 Å². The van der Waals surface area contributed by atoms with Crippen LogP contribution in [0.2, 0.25) is 0 Å². The molecular weight excluding hydrogens is 346 g/mol. The molecule has 7 nitrogen and oxygen atoms in total. The van der Waals surface area contributed by atoms with E-state index >= 15 is 0 Å². The Morgan fingerprint density at radius 2 is 2.00 bits per heavy atom. The number of amides is 2. The summed E-state index contributed by atoms with van der Waals surface area (Å²) in [6.07, 6.45) is 6.22. The first-order valence-electron chi connectivity index (χ1n) is 8.03. The van der Waals surface area contributed by atoms with Gasteiger partial charge in [0.15, 0.2) is 0 Å². The van der Waals surface area contributed by atoms with Crippen LogP contribution in [0, 0.1) is 12.3 Å². The second-order valence-electron chi connectivity index (χ2n) is 5.28. The van der Waals surface area contributed by atoms with Crippen molar-refractivity contribution in [2.24, 2.45) is 5.10 Å². The standard InChI is InChI=1S/C20H19N3O4/c1-3-11-27-18-10-5-4-7-15(18)14-21-23-20(25)13-19(24)22-16-8-6-9-17(12-16)26-2/h1,4-10,12,14H,11,13H2,2H3,(H,22,24)(H,23,25). The summed E-state index contributed by atoms with van der Waals surface area (Å²) >= 11 is 0. The first kappa shape index (κ1) is 19.5. The Labute approximate surface area is 157 Å². The molecule has 7 heteroatoms. The lowest BCUT2D eigenvalue weighted by molar-refractivity contribution is -0.126. The number of nitrogens with zero attached hydrogens (tertiary/aromatic N) is 1. The summed E-state index contributed by atoms with van der Waals surface area (Å²) in [6, 6.07) is 13.9. The maximum Gasteiger partial charge on any atom is 0.249 e. The van der Waals surface area contributed by atoms with Crippen molar-refractivity contribution in [1.82, 2.24) is 5.43 Å². The molecule has 0 spiro atoms. The lowest BCUT2D eigenvalue weighted by Crippen LogP contribution is -2.24. The van der Waals surface area contributed by atoms with Crippen LogP contribution in [0.1, 0.15) is 12.0 Å². The van der Waals surface area contributed by atoms with Gasteiger partial charge in [0.1, 0.15) is 24.5 Å². The van der Waals surface area contributed by atoms with E-state index in [9.17, 15) is 9.59 Å². The number of terminal acetylenes is 1. The number of carbonyl (C=O) groups excluding carboxylic acids is 2. The van der Waals surface area contributed by atoms with Gasteiger partial charge in [-0.05, 0) is 24.3 Å². The third-order valence-electron chi connectivity index (χ3n) is 3.30. The van der Waals surface area contributed by atoms with Gasteiger partial charge in [-0.1, -0.05) is 24.1 Å². The number of anilines is 1. The Morgan fingerprint density at radius 1 is 1.19 bits per heavy atom. The number of methoxy groups -OCH3 is 1. The molecule has 0 saturated heterocycles. The molecule has 0 unspecified atom stereocenters. The number of hydrazone groups is 1. The van der Waals surface area contributed by atoms with Crippen LogP contribution < -0.4 is 20.2 Å². The van der Waals surface area contributed by atoms with E-state index in [1.54, 1.807) is 48.5 Å². The van der Waals surface area contributed by atoms with Crippen LogP contribution in [0.3, 0.4) is 0 Å².